The third kappa shape index (κ3) is 5.59. The fourth-order valence-electron chi connectivity index (χ4n) is 4.92. The fraction of sp³-hybridized carbons (Fsp3) is 0.370. The average molecular weight is 554 g/mol. The number of carbonyl (C=O) groups excluding carboxylic acids is 1. The minimum Gasteiger partial charge on any atom is -0.446 e. The lowest BCUT2D eigenvalue weighted by Gasteiger charge is -2.26. The summed E-state index contributed by atoms with van der Waals surface area (Å²) in [5, 5.41) is 5.37. The number of rotatable bonds is 6. The van der Waals surface area contributed by atoms with Gasteiger partial charge in [-0.25, -0.2) is 27.4 Å². The molecule has 1 aromatic carbocycles. The molecule has 0 bridgehead atoms. The summed E-state index contributed by atoms with van der Waals surface area (Å²) in [6.45, 7) is 5.47. The van der Waals surface area contributed by atoms with Gasteiger partial charge in [-0.05, 0) is 70.2 Å². The topological polar surface area (TPSA) is 129 Å². The Morgan fingerprint density at radius 2 is 1.87 bits per heavy atom. The Kier molecular flexibility index (Phi) is 7.01. The van der Waals surface area contributed by atoms with E-state index < -0.39 is 21.7 Å². The molecule has 3 heterocycles. The molecule has 9 nitrogen and oxygen atoms in total. The van der Waals surface area contributed by atoms with E-state index in [0.29, 0.717) is 5.56 Å². The van der Waals surface area contributed by atoms with Crippen LogP contribution in [0.25, 0.3) is 27.1 Å². The van der Waals surface area contributed by atoms with Crippen molar-refractivity contribution in [3.63, 3.8) is 0 Å². The van der Waals surface area contributed by atoms with Crippen LogP contribution in [0.15, 0.2) is 59.9 Å². The van der Waals surface area contributed by atoms with E-state index in [1.165, 1.54) is 11.3 Å². The highest BCUT2D eigenvalue weighted by molar-refractivity contribution is 7.89. The van der Waals surface area contributed by atoms with Crippen LogP contribution in [0.2, 0.25) is 0 Å². The van der Waals surface area contributed by atoms with Crippen molar-refractivity contribution in [2.75, 3.05) is 0 Å². The predicted molar refractivity (Wildman–Crippen MR) is 147 cm³/mol. The molecule has 11 heteroatoms. The molecule has 1 aliphatic rings. The van der Waals surface area contributed by atoms with Crippen LogP contribution in [0.5, 0.6) is 0 Å². The summed E-state index contributed by atoms with van der Waals surface area (Å²) >= 11 is 1.51. The molecule has 0 radical (unpaired) electrons. The van der Waals surface area contributed by atoms with Gasteiger partial charge in [0.2, 0.25) is 10.0 Å². The van der Waals surface area contributed by atoms with Crippen LogP contribution in [-0.2, 0) is 14.8 Å². The number of hydrogen-bond donors (Lipinski definition) is 2. The van der Waals surface area contributed by atoms with Gasteiger partial charge in [-0.3, -0.25) is 0 Å². The number of nitrogens with zero attached hydrogens (tertiary/aromatic N) is 3. The van der Waals surface area contributed by atoms with E-state index in [1.54, 1.807) is 23.0 Å². The molecule has 1 aliphatic carbocycles. The number of nitrogens with one attached hydrogen (secondary N) is 1. The Balaban J connectivity index is 1.51. The Morgan fingerprint density at radius 1 is 1.11 bits per heavy atom. The zero-order valence-corrected chi connectivity index (χ0v) is 23.2. The highest BCUT2D eigenvalue weighted by atomic mass is 32.2. The third-order valence-corrected chi connectivity index (χ3v) is 9.54. The minimum atomic E-state index is -3.86. The number of pyridine rings is 1. The van der Waals surface area contributed by atoms with Crippen LogP contribution < -0.4 is 10.5 Å². The van der Waals surface area contributed by atoms with Crippen molar-refractivity contribution in [2.24, 2.45) is 5.73 Å². The summed E-state index contributed by atoms with van der Waals surface area (Å²) in [5.74, 6) is 0.229. The third-order valence-electron chi connectivity index (χ3n) is 6.54. The van der Waals surface area contributed by atoms with Gasteiger partial charge >= 0.3 is 6.09 Å². The van der Waals surface area contributed by atoms with Gasteiger partial charge in [0.15, 0.2) is 0 Å². The van der Waals surface area contributed by atoms with Crippen molar-refractivity contribution in [1.82, 2.24) is 19.3 Å². The number of aromatic nitrogens is 3. The Morgan fingerprint density at radius 3 is 2.58 bits per heavy atom. The van der Waals surface area contributed by atoms with Crippen LogP contribution in [0, 0.1) is 0 Å². The maximum absolute atomic E-state index is 13.7. The van der Waals surface area contributed by atoms with Crippen LogP contribution in [0.1, 0.15) is 57.4 Å². The number of sulfonamides is 1. The lowest BCUT2D eigenvalue weighted by Crippen LogP contribution is -2.40. The SMILES string of the molecule is CC(C)(C)NS(=O)(=O)c1cc(-c2cnn3ccccc23)ccc1-c1cnc(C2CCC(OC(N)=O)CC2)s1. The molecule has 4 aromatic rings. The molecule has 0 atom stereocenters. The molecule has 0 spiro atoms. The van der Waals surface area contributed by atoms with Gasteiger partial charge in [-0.1, -0.05) is 18.2 Å². The molecule has 1 amide bonds. The van der Waals surface area contributed by atoms with Crippen molar-refractivity contribution in [3.05, 3.63) is 60.0 Å². The van der Waals surface area contributed by atoms with Gasteiger partial charge in [0.25, 0.3) is 0 Å². The summed E-state index contributed by atoms with van der Waals surface area (Å²) in [6, 6.07) is 11.3. The molecule has 5 rings (SSSR count). The van der Waals surface area contributed by atoms with Gasteiger partial charge in [-0.2, -0.15) is 5.10 Å². The first-order valence-electron chi connectivity index (χ1n) is 12.5. The zero-order chi connectivity index (χ0) is 27.1. The maximum Gasteiger partial charge on any atom is 0.404 e. The summed E-state index contributed by atoms with van der Waals surface area (Å²) in [5.41, 5.74) is 7.63. The van der Waals surface area contributed by atoms with Crippen LogP contribution >= 0.6 is 11.3 Å². The van der Waals surface area contributed by atoms with Crippen molar-refractivity contribution in [3.8, 4) is 21.6 Å². The molecule has 0 aliphatic heterocycles. The number of hydrogen-bond acceptors (Lipinski definition) is 7. The maximum atomic E-state index is 13.7. The van der Waals surface area contributed by atoms with E-state index in [1.807, 2.05) is 57.3 Å². The number of carbonyl (C=O) groups is 1. The largest absolute Gasteiger partial charge is 0.446 e. The molecule has 38 heavy (non-hydrogen) atoms. The second-order valence-electron chi connectivity index (χ2n) is 10.6. The van der Waals surface area contributed by atoms with Crippen molar-refractivity contribution >= 4 is 33.0 Å². The van der Waals surface area contributed by atoms with Crippen LogP contribution in [-0.4, -0.2) is 40.8 Å². The highest BCUT2D eigenvalue weighted by Gasteiger charge is 2.29. The van der Waals surface area contributed by atoms with Crippen LogP contribution in [0.4, 0.5) is 4.79 Å². The lowest BCUT2D eigenvalue weighted by molar-refractivity contribution is 0.0787. The number of fused-ring (bicyclic) bond motifs is 1. The number of ether oxygens (including phenoxy) is 1. The summed E-state index contributed by atoms with van der Waals surface area (Å²) in [7, 11) is -3.86. The molecule has 1 fully saturated rings. The van der Waals surface area contributed by atoms with Gasteiger partial charge < -0.3 is 10.5 Å². The van der Waals surface area contributed by atoms with E-state index in [0.717, 1.165) is 52.2 Å². The molecular weight excluding hydrogens is 522 g/mol. The molecule has 3 N–H and O–H groups in total. The van der Waals surface area contributed by atoms with Crippen LogP contribution in [0.3, 0.4) is 0 Å². The van der Waals surface area contributed by atoms with Gasteiger partial charge in [0, 0.05) is 35.0 Å². The number of thiazole rings is 1. The standard InChI is InChI=1S/C27H31N5O4S2/c1-27(2,3)31-38(34,35)24-14-18(21-15-30-32-13-5-4-6-22(21)32)9-12-20(24)23-16-29-25(37-23)17-7-10-19(11-8-17)36-26(28)33/h4-6,9,12-17,19,31H,7-8,10-11H2,1-3H3,(H2,28,33). The zero-order valence-electron chi connectivity index (χ0n) is 21.5. The summed E-state index contributed by atoms with van der Waals surface area (Å²) in [6.07, 6.45) is 7.58. The van der Waals surface area contributed by atoms with Crippen molar-refractivity contribution in [2.45, 2.75) is 68.9 Å². The fourth-order valence-corrected chi connectivity index (χ4v) is 7.78. The smallest absolute Gasteiger partial charge is 0.404 e. The molecule has 0 saturated heterocycles. The first kappa shape index (κ1) is 26.3. The monoisotopic (exact) mass is 553 g/mol. The van der Waals surface area contributed by atoms with E-state index in [9.17, 15) is 13.2 Å². The Hall–Kier alpha value is -3.28. The summed E-state index contributed by atoms with van der Waals surface area (Å²) in [4.78, 5) is 16.7. The quantitative estimate of drug-likeness (QED) is 0.332. The van der Waals surface area contributed by atoms with E-state index in [2.05, 4.69) is 14.8 Å². The van der Waals surface area contributed by atoms with Gasteiger partial charge in [0.05, 0.1) is 26.5 Å². The molecule has 0 unspecified atom stereocenters. The Bertz CT molecular complexity index is 1580. The predicted octanol–water partition coefficient (Wildman–Crippen LogP) is 5.32. The van der Waals surface area contributed by atoms with E-state index in [4.69, 9.17) is 10.5 Å². The number of benzene rings is 1. The van der Waals surface area contributed by atoms with Crippen molar-refractivity contribution in [1.29, 1.82) is 0 Å². The normalized spacial score (nSPS) is 18.5. The van der Waals surface area contributed by atoms with Crippen molar-refractivity contribution < 1.29 is 17.9 Å². The molecule has 1 saturated carbocycles. The Labute approximate surface area is 226 Å². The molecule has 200 valence electrons. The van der Waals surface area contributed by atoms with E-state index >= 15 is 0 Å². The number of primary amides is 1. The minimum absolute atomic E-state index is 0.157. The average Bonchev–Trinajstić information content (AvgIpc) is 3.50. The summed E-state index contributed by atoms with van der Waals surface area (Å²) < 4.78 is 37.0. The number of nitrogens with two attached hydrogens (primary N) is 1. The molecule has 3 aromatic heterocycles. The first-order valence-corrected chi connectivity index (χ1v) is 14.8. The second-order valence-corrected chi connectivity index (χ2v) is 13.3. The second kappa shape index (κ2) is 10.1. The van der Waals surface area contributed by atoms with Gasteiger partial charge in [-0.15, -0.1) is 11.3 Å². The van der Waals surface area contributed by atoms with Gasteiger partial charge in [0.1, 0.15) is 6.10 Å². The van der Waals surface area contributed by atoms with E-state index in [-0.39, 0.29) is 16.9 Å². The highest BCUT2D eigenvalue weighted by Crippen LogP contribution is 2.41. The molecular formula is C27H31N5O4S2. The number of amides is 1. The first-order chi connectivity index (χ1) is 18.0. The lowest BCUT2D eigenvalue weighted by atomic mass is 9.88.